The van der Waals surface area contributed by atoms with E-state index in [0.29, 0.717) is 5.71 Å². The predicted molar refractivity (Wildman–Crippen MR) is 80.8 cm³/mol. The van der Waals surface area contributed by atoms with Crippen LogP contribution >= 0.6 is 0 Å². The van der Waals surface area contributed by atoms with Crippen molar-refractivity contribution in [3.05, 3.63) is 0 Å². The van der Waals surface area contributed by atoms with Crippen LogP contribution in [-0.2, 0) is 4.79 Å². The number of hydrogen-bond acceptors (Lipinski definition) is 3. The molecule has 0 amide bonds. The number of rotatable bonds is 11. The Hall–Kier alpha value is -0.860. The molecule has 112 valence electrons. The third kappa shape index (κ3) is 6.22. The second-order valence-electron chi connectivity index (χ2n) is 5.34. The van der Waals surface area contributed by atoms with Crippen molar-refractivity contribution in [3.8, 4) is 0 Å². The van der Waals surface area contributed by atoms with Gasteiger partial charge in [-0.25, -0.2) is 0 Å². The first-order chi connectivity index (χ1) is 9.15. The van der Waals surface area contributed by atoms with E-state index in [2.05, 4.69) is 25.9 Å². The Kier molecular flexibility index (Phi) is 10.5. The lowest BCUT2D eigenvalue weighted by Gasteiger charge is -2.19. The summed E-state index contributed by atoms with van der Waals surface area (Å²) >= 11 is 0. The van der Waals surface area contributed by atoms with E-state index in [1.54, 1.807) is 0 Å². The maximum Gasteiger partial charge on any atom is 0.183 e. The monoisotopic (exact) mass is 269 g/mol. The molecule has 0 saturated heterocycles. The molecular weight excluding hydrogens is 238 g/mol. The van der Waals surface area contributed by atoms with Gasteiger partial charge in [-0.2, -0.15) is 0 Å². The highest BCUT2D eigenvalue weighted by atomic mass is 16.4. The van der Waals surface area contributed by atoms with E-state index in [-0.39, 0.29) is 17.6 Å². The molecule has 0 aliphatic heterocycles. The van der Waals surface area contributed by atoms with E-state index < -0.39 is 0 Å². The van der Waals surface area contributed by atoms with E-state index in [1.807, 2.05) is 6.92 Å². The fourth-order valence-electron chi connectivity index (χ4n) is 2.50. The fourth-order valence-corrected chi connectivity index (χ4v) is 2.50. The molecule has 3 heteroatoms. The molecule has 0 fully saturated rings. The minimum Gasteiger partial charge on any atom is -0.411 e. The normalized spacial score (nSPS) is 15.3. The summed E-state index contributed by atoms with van der Waals surface area (Å²) in [4.78, 5) is 12.5. The van der Waals surface area contributed by atoms with Crippen LogP contribution in [0.25, 0.3) is 0 Å². The van der Waals surface area contributed by atoms with Crippen LogP contribution in [0.2, 0.25) is 0 Å². The number of ketones is 1. The fraction of sp³-hybridized carbons (Fsp3) is 0.875. The number of Topliss-reactive ketones (excluding diaryl/α,β-unsaturated/α-hetero) is 1. The molecule has 3 nitrogen and oxygen atoms in total. The van der Waals surface area contributed by atoms with Gasteiger partial charge in [-0.1, -0.05) is 58.5 Å². The van der Waals surface area contributed by atoms with E-state index in [0.717, 1.165) is 51.4 Å². The number of nitrogens with zero attached hydrogens (tertiary/aromatic N) is 1. The van der Waals surface area contributed by atoms with Gasteiger partial charge in [0.1, 0.15) is 5.71 Å². The smallest absolute Gasteiger partial charge is 0.183 e. The number of hydrogen-bond donors (Lipinski definition) is 1. The molecule has 0 aliphatic carbocycles. The average molecular weight is 269 g/mol. The third-order valence-corrected chi connectivity index (χ3v) is 3.92. The average Bonchev–Trinajstić information content (AvgIpc) is 2.44. The first-order valence-electron chi connectivity index (χ1n) is 7.92. The maximum absolute atomic E-state index is 12.5. The molecule has 2 unspecified atom stereocenters. The van der Waals surface area contributed by atoms with Gasteiger partial charge in [-0.15, -0.1) is 0 Å². The summed E-state index contributed by atoms with van der Waals surface area (Å²) in [5, 5.41) is 12.6. The van der Waals surface area contributed by atoms with Crippen molar-refractivity contribution < 1.29 is 10.0 Å². The Morgan fingerprint density at radius 2 is 1.42 bits per heavy atom. The first kappa shape index (κ1) is 18.1. The van der Waals surface area contributed by atoms with Crippen LogP contribution in [0, 0.1) is 11.8 Å². The molecule has 0 spiro atoms. The summed E-state index contributed by atoms with van der Waals surface area (Å²) in [6.45, 7) is 8.38. The van der Waals surface area contributed by atoms with E-state index in [9.17, 15) is 10.0 Å². The number of carbonyl (C=O) groups is 1. The molecule has 0 bridgehead atoms. The zero-order valence-electron chi connectivity index (χ0n) is 13.1. The Labute approximate surface area is 118 Å². The van der Waals surface area contributed by atoms with E-state index in [1.165, 1.54) is 0 Å². The van der Waals surface area contributed by atoms with Gasteiger partial charge in [0.2, 0.25) is 0 Å². The van der Waals surface area contributed by atoms with Crippen LogP contribution in [0.4, 0.5) is 0 Å². The Morgan fingerprint density at radius 3 is 1.79 bits per heavy atom. The second kappa shape index (κ2) is 11.0. The zero-order valence-corrected chi connectivity index (χ0v) is 13.1. The molecule has 2 atom stereocenters. The topological polar surface area (TPSA) is 49.7 Å². The largest absolute Gasteiger partial charge is 0.411 e. The highest BCUT2D eigenvalue weighted by molar-refractivity contribution is 6.41. The summed E-state index contributed by atoms with van der Waals surface area (Å²) in [6, 6.07) is 0. The van der Waals surface area contributed by atoms with Crippen LogP contribution in [-0.4, -0.2) is 16.7 Å². The molecule has 0 heterocycles. The van der Waals surface area contributed by atoms with Crippen molar-refractivity contribution >= 4 is 11.5 Å². The lowest BCUT2D eigenvalue weighted by molar-refractivity contribution is -0.117. The van der Waals surface area contributed by atoms with Gasteiger partial charge in [-0.05, 0) is 25.7 Å². The van der Waals surface area contributed by atoms with Crippen molar-refractivity contribution in [2.75, 3.05) is 0 Å². The highest BCUT2D eigenvalue weighted by Crippen LogP contribution is 2.21. The molecule has 0 radical (unpaired) electrons. The summed E-state index contributed by atoms with van der Waals surface area (Å²) in [5.74, 6) is 0.219. The van der Waals surface area contributed by atoms with E-state index in [4.69, 9.17) is 0 Å². The van der Waals surface area contributed by atoms with Crippen LogP contribution < -0.4 is 0 Å². The molecule has 0 aromatic rings. The third-order valence-electron chi connectivity index (χ3n) is 3.92. The Bertz CT molecular complexity index is 274. The molecule has 0 aliphatic rings. The van der Waals surface area contributed by atoms with Gasteiger partial charge in [0.25, 0.3) is 0 Å². The maximum atomic E-state index is 12.5. The van der Waals surface area contributed by atoms with Crippen LogP contribution in [0.15, 0.2) is 5.16 Å². The number of unbranched alkanes of at least 4 members (excludes halogenated alkanes) is 2. The highest BCUT2D eigenvalue weighted by Gasteiger charge is 2.27. The predicted octanol–water partition coefficient (Wildman–Crippen LogP) is 4.82. The second-order valence-corrected chi connectivity index (χ2v) is 5.34. The van der Waals surface area contributed by atoms with Gasteiger partial charge in [0.15, 0.2) is 5.78 Å². The van der Waals surface area contributed by atoms with Crippen molar-refractivity contribution in [2.45, 2.75) is 79.1 Å². The minimum atomic E-state index is 0.0292. The van der Waals surface area contributed by atoms with Crippen molar-refractivity contribution in [2.24, 2.45) is 17.0 Å². The quantitative estimate of drug-likeness (QED) is 0.332. The summed E-state index contributed by atoms with van der Waals surface area (Å²) in [6.07, 6.45) is 7.92. The minimum absolute atomic E-state index is 0.0292. The first-order valence-corrected chi connectivity index (χ1v) is 7.92. The standard InChI is InChI=1S/C16H31NO2/c1-5-9-11-13(7-3)15(17-19)16(18)14(8-4)12-10-6-2/h13-14,19H,5-12H2,1-4H3. The summed E-state index contributed by atoms with van der Waals surface area (Å²) in [7, 11) is 0. The van der Waals surface area contributed by atoms with Crippen molar-refractivity contribution in [3.63, 3.8) is 0 Å². The van der Waals surface area contributed by atoms with Gasteiger partial charge in [0, 0.05) is 11.8 Å². The van der Waals surface area contributed by atoms with Gasteiger partial charge in [-0.3, -0.25) is 4.79 Å². The van der Waals surface area contributed by atoms with Crippen LogP contribution in [0.1, 0.15) is 79.1 Å². The molecule has 0 aromatic carbocycles. The number of carbonyl (C=O) groups excluding carboxylic acids is 1. The van der Waals surface area contributed by atoms with Crippen LogP contribution in [0.5, 0.6) is 0 Å². The zero-order chi connectivity index (χ0) is 14.7. The van der Waals surface area contributed by atoms with Crippen molar-refractivity contribution in [1.29, 1.82) is 0 Å². The Morgan fingerprint density at radius 1 is 0.947 bits per heavy atom. The number of oxime groups is 1. The molecule has 1 N–H and O–H groups in total. The lowest BCUT2D eigenvalue weighted by Crippen LogP contribution is -2.30. The van der Waals surface area contributed by atoms with Gasteiger partial charge in [0.05, 0.1) is 0 Å². The summed E-state index contributed by atoms with van der Waals surface area (Å²) in [5.41, 5.74) is 0.416. The van der Waals surface area contributed by atoms with Gasteiger partial charge >= 0.3 is 0 Å². The molecule has 0 saturated carbocycles. The van der Waals surface area contributed by atoms with Crippen molar-refractivity contribution in [1.82, 2.24) is 0 Å². The lowest BCUT2D eigenvalue weighted by atomic mass is 9.84. The molecular formula is C16H31NO2. The Balaban J connectivity index is 4.75. The van der Waals surface area contributed by atoms with Crippen LogP contribution in [0.3, 0.4) is 0 Å². The van der Waals surface area contributed by atoms with Gasteiger partial charge < -0.3 is 5.21 Å². The van der Waals surface area contributed by atoms with E-state index >= 15 is 0 Å². The molecule has 19 heavy (non-hydrogen) atoms. The molecule has 0 rings (SSSR count). The summed E-state index contributed by atoms with van der Waals surface area (Å²) < 4.78 is 0. The SMILES string of the molecule is CCCCC(CC)C(=O)C(=NO)C(CC)CCCC. The molecule has 0 aromatic heterocycles.